The molecule has 7 rings (SSSR count). The van der Waals surface area contributed by atoms with Gasteiger partial charge in [-0.1, -0.05) is 0 Å². The Balaban J connectivity index is 0.000000203. The van der Waals surface area contributed by atoms with E-state index in [0.29, 0.717) is 26.8 Å². The highest BCUT2D eigenvalue weighted by molar-refractivity contribution is 9.10. The Kier molecular flexibility index (Phi) is 16.9. The van der Waals surface area contributed by atoms with Crippen LogP contribution < -0.4 is 26.4 Å². The van der Waals surface area contributed by atoms with Gasteiger partial charge < -0.3 is 58.3 Å². The summed E-state index contributed by atoms with van der Waals surface area (Å²) in [6, 6.07) is 10.9. The zero-order valence-corrected chi connectivity index (χ0v) is 44.3. The van der Waals surface area contributed by atoms with Crippen LogP contribution in [0.25, 0.3) is 0 Å². The number of anilines is 2. The fourth-order valence-electron chi connectivity index (χ4n) is 7.04. The molecule has 70 heavy (non-hydrogen) atoms. The number of nitrogens with two attached hydrogens (primary N) is 2. The summed E-state index contributed by atoms with van der Waals surface area (Å²) < 4.78 is 85.1. The Morgan fingerprint density at radius 3 is 1.29 bits per heavy atom. The van der Waals surface area contributed by atoms with Crippen molar-refractivity contribution in [2.75, 3.05) is 25.7 Å². The van der Waals surface area contributed by atoms with Gasteiger partial charge >= 0.3 is 33.1 Å². The van der Waals surface area contributed by atoms with Crippen LogP contribution in [0.3, 0.4) is 0 Å². The lowest BCUT2D eigenvalue weighted by atomic mass is 9.49. The second-order valence-corrected chi connectivity index (χ2v) is 20.9. The summed E-state index contributed by atoms with van der Waals surface area (Å²) in [5.41, 5.74) is 11.1. The number of carbonyl (C=O) groups excluding carboxylic acids is 2. The van der Waals surface area contributed by atoms with Crippen LogP contribution in [0.1, 0.15) is 141 Å². The van der Waals surface area contributed by atoms with Crippen molar-refractivity contribution in [3.05, 3.63) is 99.3 Å². The molecule has 378 valence electrons. The molecule has 2 aromatic carbocycles. The molecule has 0 saturated carbocycles. The van der Waals surface area contributed by atoms with Gasteiger partial charge in [-0.25, -0.2) is 28.3 Å². The van der Waals surface area contributed by atoms with E-state index in [-0.39, 0.29) is 50.9 Å². The predicted molar refractivity (Wildman–Crippen MR) is 266 cm³/mol. The highest BCUT2D eigenvalue weighted by Gasteiger charge is 2.63. The third-order valence-electron chi connectivity index (χ3n) is 13.4. The fraction of sp³-hybridized carbons (Fsp3) is 0.500. The van der Waals surface area contributed by atoms with Gasteiger partial charge in [0.25, 0.3) is 0 Å². The van der Waals surface area contributed by atoms with Gasteiger partial charge in [0.1, 0.15) is 23.8 Å². The van der Waals surface area contributed by atoms with Crippen molar-refractivity contribution in [1.29, 1.82) is 0 Å². The maximum atomic E-state index is 13.8. The summed E-state index contributed by atoms with van der Waals surface area (Å²) >= 11 is 3.27. The minimum absolute atomic E-state index is 0.151. The van der Waals surface area contributed by atoms with Crippen LogP contribution in [0.15, 0.2) is 65.4 Å². The Morgan fingerprint density at radius 1 is 0.571 bits per heavy atom. The second kappa shape index (κ2) is 21.1. The van der Waals surface area contributed by atoms with Gasteiger partial charge in [0.15, 0.2) is 23.1 Å². The van der Waals surface area contributed by atoms with Crippen molar-refractivity contribution in [3.63, 3.8) is 0 Å². The quantitative estimate of drug-likeness (QED) is 0.113. The van der Waals surface area contributed by atoms with Crippen molar-refractivity contribution in [2.24, 2.45) is 0 Å². The van der Waals surface area contributed by atoms with Crippen LogP contribution in [-0.4, -0.2) is 90.9 Å². The van der Waals surface area contributed by atoms with Gasteiger partial charge in [0.05, 0.1) is 59.0 Å². The molecular weight excluding hydrogens is 975 g/mol. The number of ether oxygens (including phenoxy) is 4. The van der Waals surface area contributed by atoms with Gasteiger partial charge in [-0.15, -0.1) is 0 Å². The molecule has 16 nitrogen and oxygen atoms in total. The van der Waals surface area contributed by atoms with Crippen LogP contribution in [0, 0.1) is 11.6 Å². The van der Waals surface area contributed by atoms with Crippen molar-refractivity contribution >= 4 is 66.1 Å². The molecule has 0 amide bonds. The summed E-state index contributed by atoms with van der Waals surface area (Å²) in [7, 11) is 0.932. The number of halogens is 3. The van der Waals surface area contributed by atoms with Gasteiger partial charge in [-0.2, -0.15) is 0 Å². The number of carbonyl (C=O) groups is 2. The minimum Gasteiger partial charge on any atom is -0.482 e. The van der Waals surface area contributed by atoms with Crippen LogP contribution in [0.5, 0.6) is 11.5 Å². The third-order valence-corrected chi connectivity index (χ3v) is 13.8. The van der Waals surface area contributed by atoms with E-state index in [1.54, 1.807) is 32.2 Å². The zero-order valence-electron chi connectivity index (χ0n) is 42.7. The van der Waals surface area contributed by atoms with Crippen molar-refractivity contribution in [3.8, 4) is 11.5 Å². The molecule has 3 saturated heterocycles. The average Bonchev–Trinajstić information content (AvgIpc) is 3.74. The molecule has 0 bridgehead atoms. The first-order chi connectivity index (χ1) is 32.2. The number of nitrogen functional groups attached to an aromatic ring is 2. The minimum atomic E-state index is -0.701. The first kappa shape index (κ1) is 56.1. The maximum absolute atomic E-state index is 13.8. The highest BCUT2D eigenvalue weighted by atomic mass is 79.9. The molecule has 0 aliphatic carbocycles. The topological polar surface area (TPSA) is 204 Å². The number of nitrogens with zero attached hydrogens (tertiary/aromatic N) is 2. The number of rotatable bonds is 10. The first-order valence-corrected chi connectivity index (χ1v) is 23.4. The predicted octanol–water partition coefficient (Wildman–Crippen LogP) is 8.77. The smallest absolute Gasteiger partial charge is 0.482 e. The summed E-state index contributed by atoms with van der Waals surface area (Å²) in [6.45, 7) is 27.4. The number of methoxy groups -OCH3 is 2. The molecule has 0 spiro atoms. The number of aromatic nitrogens is 2. The van der Waals surface area contributed by atoms with Crippen molar-refractivity contribution in [2.45, 2.75) is 143 Å². The molecule has 3 fully saturated rings. The molecule has 3 aliphatic heterocycles. The molecule has 2 aromatic heterocycles. The molecule has 2 atom stereocenters. The van der Waals surface area contributed by atoms with Gasteiger partial charge in [-0.05, 0) is 161 Å². The van der Waals surface area contributed by atoms with E-state index in [1.807, 2.05) is 83.1 Å². The van der Waals surface area contributed by atoms with Crippen LogP contribution in [0.2, 0.25) is 0 Å². The average molecular weight is 1040 g/mol. The lowest BCUT2D eigenvalue weighted by Gasteiger charge is -2.32. The molecule has 5 heterocycles. The fourth-order valence-corrected chi connectivity index (χ4v) is 7.35. The molecule has 0 radical (unpaired) electrons. The SMILES string of the molecule is CC1(C)OB(B2OC(C)(C)C(C)(C)O2)OC1(C)C.COC(=O)c1ccc(F)cc1[C@@H](C)Oc1cc(B2OC(C)(C)C(C)(C)O2)cnc1N.COC(=O)c1ccc(F)cc1[C@@H](C)Oc1cc(Br)cnc1N. The third kappa shape index (κ3) is 12.4. The standard InChI is InChI=1S/C21H26BFN2O5.C15H14BrFN2O3.C12H24B2O4/c1-12(16-10-14(23)7-8-15(16)19(26)27-6)28-17-9-13(11-25-18(17)24)22-29-20(2,3)21(4,5)30-22;1-8(22-13-5-9(16)7-19-14(13)18)12-6-10(17)3-4-11(12)15(20)21-2;1-9(2)10(3,4)16-13(15-9)14-17-11(5,6)12(7,8)18-14/h7-12H,1-6H3,(H2,24,25);3-8H,1-2H3,(H2,18,19);1-8H3/t12-;8-;/m11./s1. The van der Waals surface area contributed by atoms with Gasteiger partial charge in [-0.3, -0.25) is 0 Å². The van der Waals surface area contributed by atoms with Crippen molar-refractivity contribution < 1.29 is 65.2 Å². The largest absolute Gasteiger partial charge is 0.496 e. The number of hydrogen-bond donors (Lipinski definition) is 2. The van der Waals surface area contributed by atoms with E-state index in [0.717, 1.165) is 0 Å². The Labute approximate surface area is 419 Å². The highest BCUT2D eigenvalue weighted by Crippen LogP contribution is 2.43. The van der Waals surface area contributed by atoms with E-state index in [4.69, 9.17) is 58.3 Å². The molecule has 22 heteroatoms. The van der Waals surface area contributed by atoms with Gasteiger partial charge in [0, 0.05) is 33.5 Å². The monoisotopic (exact) mass is 1040 g/mol. The molecule has 4 aromatic rings. The van der Waals surface area contributed by atoms with E-state index in [1.165, 1.54) is 56.8 Å². The molecule has 0 unspecified atom stereocenters. The molecular formula is C48H64B3BrF2N4O12. The summed E-state index contributed by atoms with van der Waals surface area (Å²) in [4.78, 5) is 32.0. The Bertz CT molecular complexity index is 2470. The first-order valence-electron chi connectivity index (χ1n) is 22.6. The summed E-state index contributed by atoms with van der Waals surface area (Å²) in [5, 5.41) is 0. The van der Waals surface area contributed by atoms with Gasteiger partial charge in [0.2, 0.25) is 0 Å². The number of benzene rings is 2. The van der Waals surface area contributed by atoms with E-state index in [9.17, 15) is 18.4 Å². The summed E-state index contributed by atoms with van der Waals surface area (Å²) in [6.07, 6.45) is 1.78. The number of esters is 2. The van der Waals surface area contributed by atoms with E-state index < -0.39 is 68.1 Å². The van der Waals surface area contributed by atoms with E-state index in [2.05, 4.69) is 25.9 Å². The molecule has 3 aliphatic rings. The summed E-state index contributed by atoms with van der Waals surface area (Å²) in [5.74, 6) is -1.16. The lowest BCUT2D eigenvalue weighted by molar-refractivity contribution is 0.00578. The maximum Gasteiger partial charge on any atom is 0.496 e. The second-order valence-electron chi connectivity index (χ2n) is 20.0. The molecule has 4 N–H and O–H groups in total. The van der Waals surface area contributed by atoms with Crippen LogP contribution >= 0.6 is 15.9 Å². The number of hydrogen-bond acceptors (Lipinski definition) is 16. The zero-order chi connectivity index (χ0) is 52.5. The van der Waals surface area contributed by atoms with Crippen LogP contribution in [0.4, 0.5) is 20.4 Å². The van der Waals surface area contributed by atoms with Crippen molar-refractivity contribution in [1.82, 2.24) is 9.97 Å². The van der Waals surface area contributed by atoms with E-state index >= 15 is 0 Å². The van der Waals surface area contributed by atoms with Crippen LogP contribution in [-0.2, 0) is 37.4 Å². The normalized spacial score (nSPS) is 19.7. The lowest BCUT2D eigenvalue weighted by Crippen LogP contribution is -2.41. The Morgan fingerprint density at radius 2 is 0.914 bits per heavy atom. The Hall–Kier alpha value is -4.83. The number of pyridine rings is 2.